The van der Waals surface area contributed by atoms with Gasteiger partial charge >= 0.3 is 0 Å². The van der Waals surface area contributed by atoms with Crippen molar-refractivity contribution in [2.24, 2.45) is 0 Å². The second-order valence-corrected chi connectivity index (χ2v) is 5.14. The normalized spacial score (nSPS) is 37.2. The van der Waals surface area contributed by atoms with Crippen LogP contribution < -0.4 is 0 Å². The Morgan fingerprint density at radius 1 is 1.47 bits per heavy atom. The van der Waals surface area contributed by atoms with Crippen molar-refractivity contribution in [3.63, 3.8) is 0 Å². The topological polar surface area (TPSA) is 26.7 Å². The molecule has 3 nitrogen and oxygen atoms in total. The van der Waals surface area contributed by atoms with Gasteiger partial charge in [0, 0.05) is 18.6 Å². The Labute approximate surface area is 93.1 Å². The summed E-state index contributed by atoms with van der Waals surface area (Å²) in [5.41, 5.74) is 0. The lowest BCUT2D eigenvalue weighted by atomic mass is 9.95. The Morgan fingerprint density at radius 2 is 2.27 bits per heavy atom. The van der Waals surface area contributed by atoms with Crippen LogP contribution in [0.2, 0.25) is 0 Å². The summed E-state index contributed by atoms with van der Waals surface area (Å²) in [7, 11) is 2.19. The van der Waals surface area contributed by atoms with Crippen LogP contribution in [0.15, 0.2) is 0 Å². The van der Waals surface area contributed by atoms with Crippen LogP contribution in [-0.4, -0.2) is 59.8 Å². The molecule has 2 saturated heterocycles. The van der Waals surface area contributed by atoms with Gasteiger partial charge in [0.25, 0.3) is 0 Å². The Hall–Kier alpha value is -0.120. The molecule has 15 heavy (non-hydrogen) atoms. The molecule has 2 fully saturated rings. The molecular weight excluding hydrogens is 188 g/mol. The fraction of sp³-hybridized carbons (Fsp3) is 1.00. The number of fused-ring (bicyclic) bond motifs is 1. The number of rotatable bonds is 3. The lowest BCUT2D eigenvalue weighted by Crippen LogP contribution is -2.54. The van der Waals surface area contributed by atoms with Crippen molar-refractivity contribution in [3.8, 4) is 0 Å². The van der Waals surface area contributed by atoms with Crippen LogP contribution in [0.5, 0.6) is 0 Å². The first-order valence-corrected chi connectivity index (χ1v) is 6.34. The summed E-state index contributed by atoms with van der Waals surface area (Å²) in [6.07, 6.45) is 4.55. The lowest BCUT2D eigenvalue weighted by Gasteiger charge is -2.42. The van der Waals surface area contributed by atoms with E-state index in [2.05, 4.69) is 23.8 Å². The van der Waals surface area contributed by atoms with Gasteiger partial charge in [0.05, 0.1) is 6.10 Å². The van der Waals surface area contributed by atoms with Crippen LogP contribution in [0.4, 0.5) is 0 Å². The molecule has 3 atom stereocenters. The van der Waals surface area contributed by atoms with Crippen LogP contribution in [-0.2, 0) is 0 Å². The van der Waals surface area contributed by atoms with Crippen LogP contribution in [0, 0.1) is 0 Å². The van der Waals surface area contributed by atoms with E-state index in [4.69, 9.17) is 0 Å². The van der Waals surface area contributed by atoms with Gasteiger partial charge in [-0.2, -0.15) is 0 Å². The highest BCUT2D eigenvalue weighted by Gasteiger charge is 2.38. The fourth-order valence-corrected chi connectivity index (χ4v) is 3.15. The highest BCUT2D eigenvalue weighted by Crippen LogP contribution is 2.28. The third-order valence-electron chi connectivity index (χ3n) is 4.02. The zero-order chi connectivity index (χ0) is 10.8. The molecule has 0 bridgehead atoms. The van der Waals surface area contributed by atoms with Gasteiger partial charge in [0.15, 0.2) is 0 Å². The minimum Gasteiger partial charge on any atom is -0.391 e. The maximum absolute atomic E-state index is 10.1. The molecule has 0 spiro atoms. The Morgan fingerprint density at radius 3 is 3.00 bits per heavy atom. The van der Waals surface area contributed by atoms with Gasteiger partial charge in [0.1, 0.15) is 0 Å². The summed E-state index contributed by atoms with van der Waals surface area (Å²) in [4.78, 5) is 4.91. The minimum absolute atomic E-state index is 0.0921. The molecular formula is C12H24N2O. The van der Waals surface area contributed by atoms with Crippen molar-refractivity contribution in [1.82, 2.24) is 9.80 Å². The molecule has 2 aliphatic heterocycles. The Kier molecular flexibility index (Phi) is 3.65. The number of aliphatic hydroxyl groups is 1. The van der Waals surface area contributed by atoms with E-state index in [1.807, 2.05) is 0 Å². The average molecular weight is 212 g/mol. The fourth-order valence-electron chi connectivity index (χ4n) is 3.15. The second-order valence-electron chi connectivity index (χ2n) is 5.14. The molecule has 0 saturated carbocycles. The van der Waals surface area contributed by atoms with Crippen molar-refractivity contribution < 1.29 is 5.11 Å². The summed E-state index contributed by atoms with van der Waals surface area (Å²) in [6, 6.07) is 1.03. The number of piperidine rings is 1. The molecule has 1 N–H and O–H groups in total. The van der Waals surface area contributed by atoms with E-state index in [1.165, 1.54) is 25.8 Å². The molecule has 0 aromatic rings. The number of hydrogen-bond donors (Lipinski definition) is 1. The molecule has 2 heterocycles. The molecule has 2 aliphatic rings. The lowest BCUT2D eigenvalue weighted by molar-refractivity contribution is -0.00872. The van der Waals surface area contributed by atoms with Gasteiger partial charge in [0.2, 0.25) is 0 Å². The van der Waals surface area contributed by atoms with Gasteiger partial charge in [-0.05, 0) is 45.8 Å². The molecule has 0 aromatic carbocycles. The molecule has 0 amide bonds. The standard InChI is InChI=1S/C12H24N2O/c1-3-6-13(2)10-8-12(15)11-5-4-7-14(11)9-10/h10-12,15H,3-9H2,1-2H3/t10-,11?,12+/m1/s1. The van der Waals surface area contributed by atoms with E-state index < -0.39 is 0 Å². The highest BCUT2D eigenvalue weighted by atomic mass is 16.3. The van der Waals surface area contributed by atoms with Gasteiger partial charge < -0.3 is 10.0 Å². The number of likely N-dealkylation sites (N-methyl/N-ethyl adjacent to an activating group) is 1. The maximum atomic E-state index is 10.1. The largest absolute Gasteiger partial charge is 0.391 e. The van der Waals surface area contributed by atoms with E-state index in [1.54, 1.807) is 0 Å². The first-order chi connectivity index (χ1) is 7.22. The van der Waals surface area contributed by atoms with Gasteiger partial charge in [-0.25, -0.2) is 0 Å². The smallest absolute Gasteiger partial charge is 0.0710 e. The number of nitrogens with zero attached hydrogens (tertiary/aromatic N) is 2. The zero-order valence-electron chi connectivity index (χ0n) is 10.0. The van der Waals surface area contributed by atoms with Crippen molar-refractivity contribution >= 4 is 0 Å². The summed E-state index contributed by atoms with van der Waals surface area (Å²) >= 11 is 0. The summed E-state index contributed by atoms with van der Waals surface area (Å²) in [5, 5.41) is 10.1. The Balaban J connectivity index is 1.93. The maximum Gasteiger partial charge on any atom is 0.0710 e. The highest BCUT2D eigenvalue weighted by molar-refractivity contribution is 4.94. The summed E-state index contributed by atoms with van der Waals surface area (Å²) < 4.78 is 0. The van der Waals surface area contributed by atoms with Crippen LogP contribution in [0.25, 0.3) is 0 Å². The molecule has 0 aliphatic carbocycles. The van der Waals surface area contributed by atoms with E-state index in [0.29, 0.717) is 12.1 Å². The minimum atomic E-state index is -0.0921. The van der Waals surface area contributed by atoms with Crippen LogP contribution in [0.3, 0.4) is 0 Å². The molecule has 3 heteroatoms. The number of hydrogen-bond acceptors (Lipinski definition) is 3. The molecule has 1 unspecified atom stereocenters. The van der Waals surface area contributed by atoms with Crippen molar-refractivity contribution in [2.45, 2.75) is 50.8 Å². The van der Waals surface area contributed by atoms with Gasteiger partial charge in [-0.3, -0.25) is 4.90 Å². The third kappa shape index (κ3) is 2.35. The van der Waals surface area contributed by atoms with Crippen LogP contribution >= 0.6 is 0 Å². The first-order valence-electron chi connectivity index (χ1n) is 6.34. The van der Waals surface area contributed by atoms with E-state index >= 15 is 0 Å². The zero-order valence-corrected chi connectivity index (χ0v) is 10.0. The monoisotopic (exact) mass is 212 g/mol. The molecule has 0 radical (unpaired) electrons. The SMILES string of the molecule is CCCN(C)[C@@H]1C[C@H](O)C2CCCN2C1. The average Bonchev–Trinajstić information content (AvgIpc) is 2.66. The predicted octanol–water partition coefficient (Wildman–Crippen LogP) is 0.926. The number of aliphatic hydroxyl groups excluding tert-OH is 1. The second kappa shape index (κ2) is 4.81. The van der Waals surface area contributed by atoms with Crippen molar-refractivity contribution in [2.75, 3.05) is 26.7 Å². The van der Waals surface area contributed by atoms with Crippen molar-refractivity contribution in [3.05, 3.63) is 0 Å². The third-order valence-corrected chi connectivity index (χ3v) is 4.02. The van der Waals surface area contributed by atoms with Crippen LogP contribution in [0.1, 0.15) is 32.6 Å². The molecule has 2 rings (SSSR count). The van der Waals surface area contributed by atoms with E-state index in [0.717, 1.165) is 19.5 Å². The first kappa shape index (κ1) is 11.4. The Bertz CT molecular complexity index is 210. The van der Waals surface area contributed by atoms with E-state index in [9.17, 15) is 5.11 Å². The quantitative estimate of drug-likeness (QED) is 0.754. The van der Waals surface area contributed by atoms with E-state index in [-0.39, 0.29) is 6.10 Å². The molecule has 88 valence electrons. The van der Waals surface area contributed by atoms with Gasteiger partial charge in [-0.1, -0.05) is 6.92 Å². The van der Waals surface area contributed by atoms with Gasteiger partial charge in [-0.15, -0.1) is 0 Å². The summed E-state index contributed by atoms with van der Waals surface area (Å²) in [6.45, 7) is 5.72. The predicted molar refractivity (Wildman–Crippen MR) is 61.9 cm³/mol. The van der Waals surface area contributed by atoms with Crippen molar-refractivity contribution in [1.29, 1.82) is 0 Å². The molecule has 0 aromatic heterocycles. The summed E-state index contributed by atoms with van der Waals surface area (Å²) in [5.74, 6) is 0.